The fraction of sp³-hybridized carbons (Fsp3) is 0. The van der Waals surface area contributed by atoms with Gasteiger partial charge < -0.3 is 10.6 Å². The molecule has 2 amide bonds. The van der Waals surface area contributed by atoms with E-state index in [0.717, 1.165) is 4.47 Å². The second-order valence-corrected chi connectivity index (χ2v) is 7.13. The molecule has 0 spiro atoms. The van der Waals surface area contributed by atoms with Crippen LogP contribution in [0.15, 0.2) is 83.2 Å². The minimum atomic E-state index is -0.477. The highest BCUT2D eigenvalue weighted by Gasteiger charge is 2.15. The van der Waals surface area contributed by atoms with Crippen LogP contribution in [0.2, 0.25) is 5.02 Å². The van der Waals surface area contributed by atoms with Crippen LogP contribution in [0.4, 0.5) is 5.69 Å². The van der Waals surface area contributed by atoms with Crippen LogP contribution in [0.3, 0.4) is 0 Å². The van der Waals surface area contributed by atoms with Gasteiger partial charge in [-0.15, -0.1) is 0 Å². The van der Waals surface area contributed by atoms with Crippen molar-refractivity contribution in [2.45, 2.75) is 0 Å². The molecule has 0 saturated carbocycles. The van der Waals surface area contributed by atoms with Gasteiger partial charge in [0.1, 0.15) is 5.70 Å². The Bertz CT molecular complexity index is 1040. The molecule has 1 heterocycles. The van der Waals surface area contributed by atoms with Crippen LogP contribution in [-0.2, 0) is 4.79 Å². The summed E-state index contributed by atoms with van der Waals surface area (Å²) in [6.45, 7) is 0. The number of hydrogen-bond donors (Lipinski definition) is 2. The van der Waals surface area contributed by atoms with Gasteiger partial charge in [0.15, 0.2) is 0 Å². The maximum Gasteiger partial charge on any atom is 0.272 e. The number of pyridine rings is 1. The third-order valence-electron chi connectivity index (χ3n) is 3.66. The van der Waals surface area contributed by atoms with Gasteiger partial charge in [-0.05, 0) is 54.1 Å². The number of halogens is 2. The van der Waals surface area contributed by atoms with Crippen molar-refractivity contribution in [1.82, 2.24) is 10.3 Å². The first-order chi connectivity index (χ1) is 13.5. The SMILES string of the molecule is O=C(Nc1cccc(Cl)c1)/C(=C/c1cccnc1)NC(=O)c1cccc(Br)c1. The maximum absolute atomic E-state index is 12.8. The lowest BCUT2D eigenvalue weighted by atomic mass is 10.2. The predicted octanol–water partition coefficient (Wildman–Crippen LogP) is 4.91. The molecule has 5 nitrogen and oxygen atoms in total. The van der Waals surface area contributed by atoms with Crippen molar-refractivity contribution < 1.29 is 9.59 Å². The van der Waals surface area contributed by atoms with Gasteiger partial charge in [0, 0.05) is 33.1 Å². The maximum atomic E-state index is 12.8. The molecule has 0 unspecified atom stereocenters. The Kier molecular flexibility index (Phi) is 6.57. The van der Waals surface area contributed by atoms with E-state index in [0.29, 0.717) is 21.8 Å². The molecule has 0 aliphatic heterocycles. The van der Waals surface area contributed by atoms with Gasteiger partial charge in [-0.1, -0.05) is 45.7 Å². The normalized spacial score (nSPS) is 11.0. The highest BCUT2D eigenvalue weighted by atomic mass is 79.9. The quantitative estimate of drug-likeness (QED) is 0.536. The van der Waals surface area contributed by atoms with E-state index in [9.17, 15) is 9.59 Å². The molecule has 0 bridgehead atoms. The second-order valence-electron chi connectivity index (χ2n) is 5.77. The Hall–Kier alpha value is -2.96. The Labute approximate surface area is 175 Å². The average Bonchev–Trinajstić information content (AvgIpc) is 2.68. The van der Waals surface area contributed by atoms with Gasteiger partial charge in [-0.25, -0.2) is 0 Å². The number of carbonyl (C=O) groups is 2. The van der Waals surface area contributed by atoms with E-state index in [4.69, 9.17) is 11.6 Å². The molecule has 0 saturated heterocycles. The summed E-state index contributed by atoms with van der Waals surface area (Å²) in [5.74, 6) is -0.882. The van der Waals surface area contributed by atoms with E-state index in [1.807, 2.05) is 6.07 Å². The number of benzene rings is 2. The molecule has 1 aromatic heterocycles. The third kappa shape index (κ3) is 5.52. The number of aromatic nitrogens is 1. The number of carbonyl (C=O) groups excluding carboxylic acids is 2. The molecule has 0 aliphatic carbocycles. The molecule has 0 aliphatic rings. The van der Waals surface area contributed by atoms with E-state index in [1.165, 1.54) is 0 Å². The van der Waals surface area contributed by atoms with Crippen molar-refractivity contribution in [2.24, 2.45) is 0 Å². The minimum absolute atomic E-state index is 0.0814. The number of nitrogens with zero attached hydrogens (tertiary/aromatic N) is 1. The molecule has 2 N–H and O–H groups in total. The first-order valence-electron chi connectivity index (χ1n) is 8.27. The first kappa shape index (κ1) is 19.8. The summed E-state index contributed by atoms with van der Waals surface area (Å²) in [5, 5.41) is 5.90. The van der Waals surface area contributed by atoms with Gasteiger partial charge in [0.05, 0.1) is 0 Å². The number of anilines is 1. The lowest BCUT2D eigenvalue weighted by Gasteiger charge is -2.11. The van der Waals surface area contributed by atoms with E-state index in [2.05, 4.69) is 31.5 Å². The van der Waals surface area contributed by atoms with Gasteiger partial charge in [0.2, 0.25) is 0 Å². The summed E-state index contributed by atoms with van der Waals surface area (Å²) in [6, 6.07) is 17.2. The smallest absolute Gasteiger partial charge is 0.272 e. The fourth-order valence-electron chi connectivity index (χ4n) is 2.38. The van der Waals surface area contributed by atoms with Crippen molar-refractivity contribution in [1.29, 1.82) is 0 Å². The summed E-state index contributed by atoms with van der Waals surface area (Å²) in [6.07, 6.45) is 4.78. The van der Waals surface area contributed by atoms with Crippen LogP contribution < -0.4 is 10.6 Å². The van der Waals surface area contributed by atoms with E-state index >= 15 is 0 Å². The van der Waals surface area contributed by atoms with Crippen molar-refractivity contribution in [2.75, 3.05) is 5.32 Å². The summed E-state index contributed by atoms with van der Waals surface area (Å²) < 4.78 is 0.765. The van der Waals surface area contributed by atoms with Crippen LogP contribution in [0.25, 0.3) is 6.08 Å². The van der Waals surface area contributed by atoms with Crippen LogP contribution in [0.5, 0.6) is 0 Å². The van der Waals surface area contributed by atoms with Crippen LogP contribution in [0, 0.1) is 0 Å². The van der Waals surface area contributed by atoms with Gasteiger partial charge in [-0.3, -0.25) is 14.6 Å². The summed E-state index contributed by atoms with van der Waals surface area (Å²) in [7, 11) is 0. The zero-order chi connectivity index (χ0) is 19.9. The minimum Gasteiger partial charge on any atom is -0.321 e. The average molecular weight is 457 g/mol. The Morgan fingerprint density at radius 2 is 1.86 bits per heavy atom. The zero-order valence-electron chi connectivity index (χ0n) is 14.5. The predicted molar refractivity (Wildman–Crippen MR) is 114 cm³/mol. The number of rotatable bonds is 5. The Morgan fingerprint density at radius 3 is 2.57 bits per heavy atom. The van der Waals surface area contributed by atoms with Gasteiger partial charge >= 0.3 is 0 Å². The highest BCUT2D eigenvalue weighted by molar-refractivity contribution is 9.10. The summed E-state index contributed by atoms with van der Waals surface area (Å²) in [4.78, 5) is 29.4. The molecule has 0 atom stereocenters. The molecule has 3 rings (SSSR count). The lowest BCUT2D eigenvalue weighted by molar-refractivity contribution is -0.113. The van der Waals surface area contributed by atoms with Crippen LogP contribution in [-0.4, -0.2) is 16.8 Å². The van der Waals surface area contributed by atoms with Crippen molar-refractivity contribution in [3.8, 4) is 0 Å². The van der Waals surface area contributed by atoms with Crippen molar-refractivity contribution in [3.05, 3.63) is 99.4 Å². The fourth-order valence-corrected chi connectivity index (χ4v) is 2.96. The molecule has 2 aromatic carbocycles. The van der Waals surface area contributed by atoms with Crippen LogP contribution >= 0.6 is 27.5 Å². The molecule has 0 fully saturated rings. The molecule has 7 heteroatoms. The van der Waals surface area contributed by atoms with Crippen LogP contribution in [0.1, 0.15) is 15.9 Å². The second kappa shape index (κ2) is 9.30. The van der Waals surface area contributed by atoms with E-state index in [-0.39, 0.29) is 5.70 Å². The highest BCUT2D eigenvalue weighted by Crippen LogP contribution is 2.17. The van der Waals surface area contributed by atoms with E-state index < -0.39 is 11.8 Å². The molecular weight excluding hydrogens is 442 g/mol. The molecule has 0 radical (unpaired) electrons. The third-order valence-corrected chi connectivity index (χ3v) is 4.39. The number of hydrogen-bond acceptors (Lipinski definition) is 3. The number of nitrogens with one attached hydrogen (secondary N) is 2. The lowest BCUT2D eigenvalue weighted by Crippen LogP contribution is -2.30. The topological polar surface area (TPSA) is 71.1 Å². The Balaban J connectivity index is 1.87. The summed E-state index contributed by atoms with van der Waals surface area (Å²) >= 11 is 9.30. The van der Waals surface area contributed by atoms with Crippen molar-refractivity contribution >= 4 is 51.1 Å². The largest absolute Gasteiger partial charge is 0.321 e. The molecule has 140 valence electrons. The van der Waals surface area contributed by atoms with Crippen molar-refractivity contribution in [3.63, 3.8) is 0 Å². The zero-order valence-corrected chi connectivity index (χ0v) is 16.9. The monoisotopic (exact) mass is 455 g/mol. The van der Waals surface area contributed by atoms with E-state index in [1.54, 1.807) is 73.1 Å². The standard InChI is InChI=1S/C21H15BrClN3O2/c22-16-6-1-5-15(11-16)20(27)26-19(10-14-4-3-9-24-13-14)21(28)25-18-8-2-7-17(23)12-18/h1-13H,(H,25,28)(H,26,27)/b19-10-. The number of amides is 2. The molecule has 28 heavy (non-hydrogen) atoms. The van der Waals surface area contributed by atoms with Gasteiger partial charge in [-0.2, -0.15) is 0 Å². The van der Waals surface area contributed by atoms with Gasteiger partial charge in [0.25, 0.3) is 11.8 Å². The summed E-state index contributed by atoms with van der Waals surface area (Å²) in [5.41, 5.74) is 1.69. The Morgan fingerprint density at radius 1 is 1.04 bits per heavy atom. The molecule has 3 aromatic rings. The molecular formula is C21H15BrClN3O2. The first-order valence-corrected chi connectivity index (χ1v) is 9.44.